The van der Waals surface area contributed by atoms with E-state index in [2.05, 4.69) is 5.32 Å². The van der Waals surface area contributed by atoms with Crippen molar-refractivity contribution in [1.82, 2.24) is 14.8 Å². The number of ether oxygens (including phenoxy) is 1. The molecule has 4 heterocycles. The lowest BCUT2D eigenvalue weighted by atomic mass is 9.83. The van der Waals surface area contributed by atoms with Gasteiger partial charge in [-0.3, -0.25) is 24.5 Å². The van der Waals surface area contributed by atoms with E-state index in [0.717, 1.165) is 11.3 Å². The van der Waals surface area contributed by atoms with Crippen molar-refractivity contribution in [3.63, 3.8) is 0 Å². The topological polar surface area (TPSA) is 144 Å². The number of pyridine rings is 1. The predicted octanol–water partition coefficient (Wildman–Crippen LogP) is 1.62. The summed E-state index contributed by atoms with van der Waals surface area (Å²) in [5, 5.41) is 13.8. The minimum atomic E-state index is -0.798. The first-order valence-electron chi connectivity index (χ1n) is 11.7. The number of aromatic nitrogens is 1. The van der Waals surface area contributed by atoms with Crippen LogP contribution in [0.3, 0.4) is 0 Å². The summed E-state index contributed by atoms with van der Waals surface area (Å²) in [7, 11) is 1.52. The van der Waals surface area contributed by atoms with Crippen LogP contribution in [0, 0.1) is 16.0 Å². The monoisotopic (exact) mass is 495 g/mol. The molecule has 1 aromatic carbocycles. The molecular formula is C24H25N5O7. The molecule has 0 aliphatic carbocycles. The number of imide groups is 1. The Labute approximate surface area is 205 Å². The Morgan fingerprint density at radius 3 is 2.56 bits per heavy atom. The number of anilines is 1. The number of hydrogen-bond donors (Lipinski definition) is 1. The summed E-state index contributed by atoms with van der Waals surface area (Å²) in [6, 6.07) is 8.06. The molecule has 2 saturated heterocycles. The zero-order valence-corrected chi connectivity index (χ0v) is 19.6. The van der Waals surface area contributed by atoms with Crippen LogP contribution in [0.2, 0.25) is 0 Å². The number of hydrogen-bond acceptors (Lipinski definition) is 7. The minimum absolute atomic E-state index is 0.0123. The van der Waals surface area contributed by atoms with Crippen LogP contribution in [-0.4, -0.2) is 58.5 Å². The highest BCUT2D eigenvalue weighted by Gasteiger charge is 2.41. The first-order valence-corrected chi connectivity index (χ1v) is 11.7. The second-order valence-corrected chi connectivity index (χ2v) is 9.33. The van der Waals surface area contributed by atoms with Crippen molar-refractivity contribution in [1.29, 1.82) is 0 Å². The fraction of sp³-hybridized carbons (Fsp3) is 0.417. The molecule has 0 radical (unpaired) electrons. The van der Waals surface area contributed by atoms with Crippen LogP contribution < -0.4 is 20.5 Å². The SMILES string of the molecule is COc1ccc(N2C(=O)N[C@@H](CCC(=O)N3CC4CC(C3)c3ccc([N+](=O)[O-])c(=O)n3C4)C2=O)cc1. The van der Waals surface area contributed by atoms with Gasteiger partial charge < -0.3 is 19.5 Å². The third kappa shape index (κ3) is 4.08. The molecule has 36 heavy (non-hydrogen) atoms. The predicted molar refractivity (Wildman–Crippen MR) is 127 cm³/mol. The van der Waals surface area contributed by atoms with E-state index in [-0.39, 0.29) is 30.6 Å². The lowest BCUT2D eigenvalue weighted by molar-refractivity contribution is -0.386. The first-order chi connectivity index (χ1) is 17.3. The van der Waals surface area contributed by atoms with Gasteiger partial charge in [0.1, 0.15) is 11.8 Å². The van der Waals surface area contributed by atoms with Crippen molar-refractivity contribution >= 4 is 29.2 Å². The number of fused-ring (bicyclic) bond motifs is 4. The Bertz CT molecular complexity index is 1300. The quantitative estimate of drug-likeness (QED) is 0.364. The van der Waals surface area contributed by atoms with Gasteiger partial charge in [-0.15, -0.1) is 0 Å². The molecule has 2 aromatic rings. The Morgan fingerprint density at radius 2 is 1.86 bits per heavy atom. The van der Waals surface area contributed by atoms with Gasteiger partial charge in [0, 0.05) is 43.7 Å². The molecule has 3 aliphatic heterocycles. The zero-order chi connectivity index (χ0) is 25.6. The molecular weight excluding hydrogens is 470 g/mol. The Kier molecular flexibility index (Phi) is 5.94. The highest BCUT2D eigenvalue weighted by Crippen LogP contribution is 2.36. The van der Waals surface area contributed by atoms with Crippen molar-refractivity contribution in [3.05, 3.63) is 62.6 Å². The summed E-state index contributed by atoms with van der Waals surface area (Å²) in [5.74, 6) is -0.0210. The van der Waals surface area contributed by atoms with Crippen LogP contribution in [0.25, 0.3) is 0 Å². The number of carbonyl (C=O) groups excluding carboxylic acids is 3. The summed E-state index contributed by atoms with van der Waals surface area (Å²) >= 11 is 0. The van der Waals surface area contributed by atoms with Crippen LogP contribution >= 0.6 is 0 Å². The fourth-order valence-electron chi connectivity index (χ4n) is 5.41. The average Bonchev–Trinajstić information content (AvgIpc) is 3.15. The van der Waals surface area contributed by atoms with E-state index in [1.165, 1.54) is 17.7 Å². The molecule has 12 nitrogen and oxygen atoms in total. The Morgan fingerprint density at radius 1 is 1.11 bits per heavy atom. The number of nitrogens with one attached hydrogen (secondary N) is 1. The van der Waals surface area contributed by atoms with Gasteiger partial charge in [-0.1, -0.05) is 0 Å². The maximum absolute atomic E-state index is 13.0. The number of amides is 4. The van der Waals surface area contributed by atoms with E-state index in [1.807, 2.05) is 0 Å². The molecule has 1 N–H and O–H groups in total. The van der Waals surface area contributed by atoms with Gasteiger partial charge in [0.25, 0.3) is 5.91 Å². The van der Waals surface area contributed by atoms with Gasteiger partial charge in [0.2, 0.25) is 5.91 Å². The van der Waals surface area contributed by atoms with Crippen molar-refractivity contribution in [3.8, 4) is 5.75 Å². The molecule has 0 spiro atoms. The van der Waals surface area contributed by atoms with Gasteiger partial charge in [0.15, 0.2) is 0 Å². The summed E-state index contributed by atoms with van der Waals surface area (Å²) in [4.78, 5) is 64.1. The summed E-state index contributed by atoms with van der Waals surface area (Å²) < 4.78 is 6.58. The Balaban J connectivity index is 1.23. The van der Waals surface area contributed by atoms with Gasteiger partial charge >= 0.3 is 17.3 Å². The lowest BCUT2D eigenvalue weighted by Crippen LogP contribution is -2.49. The zero-order valence-electron chi connectivity index (χ0n) is 19.6. The van der Waals surface area contributed by atoms with Crippen molar-refractivity contribution < 1.29 is 24.0 Å². The normalized spacial score (nSPS) is 22.8. The standard InChI is InChI=1S/C24H25N5O7/c1-36-17-4-2-16(3-5-17)28-22(31)18(25-24(28)33)6-9-21(30)26-11-14-10-15(13-26)19-7-8-20(29(34)35)23(32)27(19)12-14/h2-5,7-8,14-15,18H,6,9-13H2,1H3,(H,25,33)/t14?,15?,18-/m0/s1. The van der Waals surface area contributed by atoms with E-state index >= 15 is 0 Å². The molecule has 2 unspecified atom stereocenters. The summed E-state index contributed by atoms with van der Waals surface area (Å²) in [6.07, 6.45) is 1.05. The number of rotatable bonds is 6. The van der Waals surface area contributed by atoms with Gasteiger partial charge in [-0.2, -0.15) is 0 Å². The number of nitrogens with zero attached hydrogens (tertiary/aromatic N) is 4. The van der Waals surface area contributed by atoms with E-state index in [4.69, 9.17) is 4.74 Å². The fourth-order valence-corrected chi connectivity index (χ4v) is 5.41. The van der Waals surface area contributed by atoms with Crippen LogP contribution in [0.4, 0.5) is 16.2 Å². The van der Waals surface area contributed by atoms with Crippen LogP contribution in [-0.2, 0) is 16.1 Å². The van der Waals surface area contributed by atoms with Crippen LogP contribution in [0.1, 0.15) is 30.9 Å². The molecule has 2 bridgehead atoms. The maximum atomic E-state index is 13.0. The smallest absolute Gasteiger partial charge is 0.334 e. The average molecular weight is 495 g/mol. The van der Waals surface area contributed by atoms with Crippen molar-refractivity contribution in [2.45, 2.75) is 37.8 Å². The highest BCUT2D eigenvalue weighted by molar-refractivity contribution is 6.21. The number of urea groups is 1. The van der Waals surface area contributed by atoms with Crippen molar-refractivity contribution in [2.24, 2.45) is 5.92 Å². The minimum Gasteiger partial charge on any atom is -0.497 e. The largest absolute Gasteiger partial charge is 0.497 e. The first kappa shape index (κ1) is 23.5. The Hall–Kier alpha value is -4.22. The molecule has 2 fully saturated rings. The maximum Gasteiger partial charge on any atom is 0.334 e. The molecule has 188 valence electrons. The molecule has 0 saturated carbocycles. The second kappa shape index (κ2) is 9.10. The van der Waals surface area contributed by atoms with Crippen LogP contribution in [0.15, 0.2) is 41.2 Å². The molecule has 3 aliphatic rings. The summed E-state index contributed by atoms with van der Waals surface area (Å²) in [6.45, 7) is 1.16. The third-order valence-corrected chi connectivity index (χ3v) is 7.13. The summed E-state index contributed by atoms with van der Waals surface area (Å²) in [5.41, 5.74) is 0.0698. The molecule has 4 amide bonds. The molecule has 3 atom stereocenters. The highest BCUT2D eigenvalue weighted by atomic mass is 16.6. The van der Waals surface area contributed by atoms with E-state index in [9.17, 15) is 29.3 Å². The second-order valence-electron chi connectivity index (χ2n) is 9.33. The third-order valence-electron chi connectivity index (χ3n) is 7.13. The van der Waals surface area contributed by atoms with Crippen LogP contribution in [0.5, 0.6) is 5.75 Å². The van der Waals surface area contributed by atoms with E-state index in [0.29, 0.717) is 36.8 Å². The number of nitro groups is 1. The van der Waals surface area contributed by atoms with E-state index < -0.39 is 34.2 Å². The molecule has 5 rings (SSSR count). The molecule has 12 heteroatoms. The number of likely N-dealkylation sites (tertiary alicyclic amines) is 1. The number of piperidine rings is 1. The van der Waals surface area contributed by atoms with Gasteiger partial charge in [0.05, 0.1) is 17.7 Å². The number of carbonyl (C=O) groups is 3. The van der Waals surface area contributed by atoms with Crippen molar-refractivity contribution in [2.75, 3.05) is 25.1 Å². The van der Waals surface area contributed by atoms with Gasteiger partial charge in [-0.25, -0.2) is 9.69 Å². The van der Waals surface area contributed by atoms with Gasteiger partial charge in [-0.05, 0) is 49.1 Å². The lowest BCUT2D eigenvalue weighted by Gasteiger charge is -2.42. The van der Waals surface area contributed by atoms with E-state index in [1.54, 1.807) is 35.2 Å². The number of benzene rings is 1. The number of methoxy groups -OCH3 is 1. The molecule has 1 aromatic heterocycles.